The molecule has 0 N–H and O–H groups in total. The molecule has 358 valence electrons. The van der Waals surface area contributed by atoms with Crippen molar-refractivity contribution in [2.24, 2.45) is 0 Å². The molecule has 13 rings (SSSR count). The van der Waals surface area contributed by atoms with Crippen LogP contribution < -0.4 is 31.8 Å². The molecule has 74 heavy (non-hydrogen) atoms. The first-order valence-corrected chi connectivity index (χ1v) is 27.3. The predicted octanol–water partition coefficient (Wildman–Crippen LogP) is 14.8. The third kappa shape index (κ3) is 10.6. The van der Waals surface area contributed by atoms with E-state index in [1.165, 1.54) is 85.7 Å². The molecule has 13 aromatic carbocycles. The van der Waals surface area contributed by atoms with Gasteiger partial charge in [0.2, 0.25) is 0 Å². The molecule has 13 aromatic rings. The van der Waals surface area contributed by atoms with Crippen molar-refractivity contribution < 1.29 is 44.8 Å². The van der Waals surface area contributed by atoms with Crippen LogP contribution in [-0.2, 0) is 44.8 Å². The second-order valence-electron chi connectivity index (χ2n) is 17.7. The Balaban J connectivity index is 0.000000140. The van der Waals surface area contributed by atoms with E-state index in [0.29, 0.717) is 0 Å². The summed E-state index contributed by atoms with van der Waals surface area (Å²) < 4.78 is 0. The topological polar surface area (TPSA) is 0 Å². The first kappa shape index (κ1) is 51.8. The molecule has 0 aliphatic rings. The Hall–Kier alpha value is -7.12. The van der Waals surface area contributed by atoms with Crippen molar-refractivity contribution >= 4 is 112 Å². The summed E-state index contributed by atoms with van der Waals surface area (Å²) in [5.41, 5.74) is 1.69. The predicted molar refractivity (Wildman–Crippen MR) is 317 cm³/mol. The van der Waals surface area contributed by atoms with Crippen LogP contribution in [0.1, 0.15) is 11.1 Å². The summed E-state index contributed by atoms with van der Waals surface area (Å²) in [7, 11) is -2.28. The van der Waals surface area contributed by atoms with Crippen molar-refractivity contribution in [3.63, 3.8) is 0 Å². The van der Waals surface area contributed by atoms with Gasteiger partial charge in [-0.3, -0.25) is 11.8 Å². The summed E-state index contributed by atoms with van der Waals surface area (Å²) in [6.07, 6.45) is 14.8. The van der Waals surface area contributed by atoms with Gasteiger partial charge in [-0.1, -0.05) is 217 Å². The quantitative estimate of drug-likeness (QED) is 0.0512. The molecular weight excluding hydrogens is 1300 g/mol. The number of rotatable bonds is 6. The van der Waals surface area contributed by atoms with Gasteiger partial charge in [-0.2, -0.15) is 0 Å². The van der Waals surface area contributed by atoms with E-state index in [0.717, 1.165) is 21.9 Å². The molecule has 0 atom stereocenters. The number of hydrogen-bond donors (Lipinski definition) is 0. The summed E-state index contributed by atoms with van der Waals surface area (Å²) in [5, 5.41) is 23.3. The Morgan fingerprint density at radius 3 is 0.824 bits per heavy atom. The number of hydrogen-bond acceptors (Lipinski definition) is 0. The maximum atomic E-state index is 7.41. The summed E-state index contributed by atoms with van der Waals surface area (Å²) >= 11 is 0. The molecule has 0 saturated heterocycles. The van der Waals surface area contributed by atoms with Gasteiger partial charge >= 0.3 is 44.8 Å². The molecule has 0 bridgehead atoms. The first-order chi connectivity index (χ1) is 35.7. The summed E-state index contributed by atoms with van der Waals surface area (Å²) in [6.45, 7) is 0. The Bertz CT molecular complexity index is 3780. The molecule has 0 unspecified atom stereocenters. The van der Waals surface area contributed by atoms with E-state index < -0.39 is 15.8 Å². The molecule has 0 saturated carbocycles. The van der Waals surface area contributed by atoms with E-state index in [2.05, 4.69) is 267 Å². The molecule has 0 aromatic heterocycles. The van der Waals surface area contributed by atoms with Crippen molar-refractivity contribution in [3.8, 4) is 11.8 Å². The minimum Gasteiger partial charge on any atom is -0.366 e. The van der Waals surface area contributed by atoms with Crippen LogP contribution in [0, 0.1) is 24.7 Å². The van der Waals surface area contributed by atoms with Crippen LogP contribution in [0.15, 0.2) is 279 Å². The van der Waals surface area contributed by atoms with Gasteiger partial charge < -0.3 is 12.8 Å². The van der Waals surface area contributed by atoms with Crippen LogP contribution in [0.4, 0.5) is 0 Å². The molecule has 0 aliphatic carbocycles. The van der Waals surface area contributed by atoms with Crippen LogP contribution in [-0.4, -0.2) is 0 Å². The largest absolute Gasteiger partial charge is 1.00 e. The number of benzene rings is 13. The summed E-state index contributed by atoms with van der Waals surface area (Å²) in [5.74, 6) is 5.04. The second-order valence-corrected chi connectivity index (χ2v) is 22.6. The van der Waals surface area contributed by atoms with E-state index in [-0.39, 0.29) is 44.8 Å². The van der Waals surface area contributed by atoms with Gasteiger partial charge in [0.05, 0.1) is 0 Å². The van der Waals surface area contributed by atoms with Gasteiger partial charge in [-0.05, 0) is 115 Å². The molecular formula is C70H48Au2P2+2. The molecule has 0 fully saturated rings. The maximum absolute atomic E-state index is 7.41. The van der Waals surface area contributed by atoms with Gasteiger partial charge in [0.15, 0.2) is 0 Å². The van der Waals surface area contributed by atoms with Crippen molar-refractivity contribution in [2.45, 2.75) is 0 Å². The molecule has 0 radical (unpaired) electrons. The Morgan fingerprint density at radius 2 is 0.473 bits per heavy atom. The van der Waals surface area contributed by atoms with E-state index in [9.17, 15) is 0 Å². The monoisotopic (exact) mass is 1340 g/mol. The Morgan fingerprint density at radius 1 is 0.216 bits per heavy atom. The molecule has 0 aliphatic heterocycles. The van der Waals surface area contributed by atoms with Crippen molar-refractivity contribution in [1.29, 1.82) is 0 Å². The van der Waals surface area contributed by atoms with Crippen molar-refractivity contribution in [2.75, 3.05) is 0 Å². The zero-order valence-corrected chi connectivity index (χ0v) is 46.5. The zero-order chi connectivity index (χ0) is 48.6. The van der Waals surface area contributed by atoms with Gasteiger partial charge in [-0.25, -0.2) is 0 Å². The SMILES string of the molecule is [Au+].[Au+].[C-]#Cc1cccc2c1ccc1c3ccccc3ccc21.[C-]#Cc1cccc2c1ccc1c3ccccc3ccc21.c1ccc([PH+](c2ccccc2)c2ccccc2[PH+](c2ccccc2)c2ccccc2)cc1. The average molecular weight is 1350 g/mol. The molecule has 0 nitrogen and oxygen atoms in total. The molecule has 0 spiro atoms. The van der Waals surface area contributed by atoms with Gasteiger partial charge in [0.1, 0.15) is 47.7 Å². The average Bonchev–Trinajstić information content (AvgIpc) is 3.46. The summed E-state index contributed by atoms with van der Waals surface area (Å²) in [4.78, 5) is 0. The Kier molecular flexibility index (Phi) is 17.0. The standard InChI is InChI=1S/C30H24P2.2C20H11.2Au/c1-5-15-25(16-6-1)31(26-17-7-2-8-18-26)29-23-13-14-24-30(29)32(27-19-9-3-10-20-27)28-21-11-4-12-22-28;2*1-2-14-7-5-9-18-17(14)12-13-19-16-8-4-3-6-15(16)10-11-20(18)19;;/h1-24H;2*3-13H;;/q;2*-1;2*+1/p+2. The smallest absolute Gasteiger partial charge is 0.366 e. The van der Waals surface area contributed by atoms with E-state index in [1.807, 2.05) is 24.3 Å². The first-order valence-electron chi connectivity index (χ1n) is 24.3. The van der Waals surface area contributed by atoms with E-state index >= 15 is 0 Å². The fourth-order valence-electron chi connectivity index (χ4n) is 10.2. The van der Waals surface area contributed by atoms with Gasteiger partial charge in [0, 0.05) is 0 Å². The van der Waals surface area contributed by atoms with Crippen molar-refractivity contribution in [1.82, 2.24) is 0 Å². The fraction of sp³-hybridized carbons (Fsp3) is 0. The number of fused-ring (bicyclic) bond motifs is 10. The van der Waals surface area contributed by atoms with Gasteiger partial charge in [0.25, 0.3) is 0 Å². The van der Waals surface area contributed by atoms with E-state index in [1.54, 1.807) is 0 Å². The molecule has 0 heterocycles. The maximum Gasteiger partial charge on any atom is 1.00 e. The molecule has 4 heteroatoms. The second kappa shape index (κ2) is 24.3. The fourth-order valence-corrected chi connectivity index (χ4v) is 16.2. The third-order valence-corrected chi connectivity index (χ3v) is 19.4. The van der Waals surface area contributed by atoms with Crippen LogP contribution in [0.2, 0.25) is 0 Å². The van der Waals surface area contributed by atoms with Crippen molar-refractivity contribution in [3.05, 3.63) is 303 Å². The van der Waals surface area contributed by atoms with E-state index in [4.69, 9.17) is 12.8 Å². The molecule has 0 amide bonds. The minimum atomic E-state index is -1.14. The normalized spacial score (nSPS) is 10.7. The van der Waals surface area contributed by atoms with Crippen LogP contribution in [0.5, 0.6) is 0 Å². The zero-order valence-electron chi connectivity index (χ0n) is 40.2. The van der Waals surface area contributed by atoms with Crippen LogP contribution in [0.3, 0.4) is 0 Å². The van der Waals surface area contributed by atoms with Gasteiger partial charge in [-0.15, -0.1) is 23.3 Å². The Labute approximate surface area is 468 Å². The summed E-state index contributed by atoms with van der Waals surface area (Å²) in [6, 6.07) is 99.6. The van der Waals surface area contributed by atoms with Crippen LogP contribution in [0.25, 0.3) is 64.6 Å². The third-order valence-electron chi connectivity index (χ3n) is 13.6. The minimum absolute atomic E-state index is 0. The van der Waals surface area contributed by atoms with Crippen LogP contribution >= 0.6 is 15.8 Å².